The maximum Gasteiger partial charge on any atom is 0.180 e. The first-order valence-corrected chi connectivity index (χ1v) is 5.67. The highest BCUT2D eigenvalue weighted by atomic mass is 15.0. The fourth-order valence-electron chi connectivity index (χ4n) is 1.77. The number of rotatable bonds is 2. The Morgan fingerprint density at radius 1 is 1.24 bits per heavy atom. The number of nitrogens with two attached hydrogens (primary N) is 1. The van der Waals surface area contributed by atoms with Crippen molar-refractivity contribution in [1.82, 2.24) is 19.9 Å². The van der Waals surface area contributed by atoms with E-state index in [0.29, 0.717) is 23.4 Å². The summed E-state index contributed by atoms with van der Waals surface area (Å²) in [7, 11) is 0. The first kappa shape index (κ1) is 10.1. The minimum Gasteiger partial charge on any atom is -0.384 e. The molecule has 86 valence electrons. The van der Waals surface area contributed by atoms with Crippen LogP contribution >= 0.6 is 0 Å². The molecule has 1 fully saturated rings. The Bertz CT molecular complexity index is 563. The van der Waals surface area contributed by atoms with E-state index < -0.39 is 0 Å². The molecule has 5 heteroatoms. The summed E-state index contributed by atoms with van der Waals surface area (Å²) in [6.45, 7) is 1.84. The molecule has 3 rings (SSSR count). The SMILES string of the molecule is Cc1nccc(-c2nc(N)cc(C3CC3)n2)n1. The van der Waals surface area contributed by atoms with Crippen LogP contribution in [-0.2, 0) is 0 Å². The van der Waals surface area contributed by atoms with Gasteiger partial charge in [-0.05, 0) is 25.8 Å². The quantitative estimate of drug-likeness (QED) is 0.844. The molecule has 1 saturated carbocycles. The molecule has 0 aliphatic heterocycles. The number of aryl methyl sites for hydroxylation is 1. The van der Waals surface area contributed by atoms with Crippen LogP contribution in [0.3, 0.4) is 0 Å². The van der Waals surface area contributed by atoms with Crippen LogP contribution in [0.1, 0.15) is 30.3 Å². The third kappa shape index (κ3) is 2.08. The van der Waals surface area contributed by atoms with Crippen LogP contribution in [-0.4, -0.2) is 19.9 Å². The van der Waals surface area contributed by atoms with Gasteiger partial charge in [0.05, 0.1) is 0 Å². The van der Waals surface area contributed by atoms with Crippen LogP contribution in [0.25, 0.3) is 11.5 Å². The minimum atomic E-state index is 0.508. The Kier molecular flexibility index (Phi) is 2.24. The summed E-state index contributed by atoms with van der Waals surface area (Å²) >= 11 is 0. The molecule has 2 N–H and O–H groups in total. The smallest absolute Gasteiger partial charge is 0.180 e. The van der Waals surface area contributed by atoms with Gasteiger partial charge in [0.25, 0.3) is 0 Å². The summed E-state index contributed by atoms with van der Waals surface area (Å²) in [5.41, 5.74) is 7.57. The van der Waals surface area contributed by atoms with Crippen molar-refractivity contribution >= 4 is 5.82 Å². The van der Waals surface area contributed by atoms with Crippen molar-refractivity contribution < 1.29 is 0 Å². The Hall–Kier alpha value is -2.04. The maximum atomic E-state index is 5.81. The molecule has 0 aromatic carbocycles. The average molecular weight is 227 g/mol. The molecule has 0 saturated heterocycles. The van der Waals surface area contributed by atoms with Gasteiger partial charge in [0.2, 0.25) is 0 Å². The van der Waals surface area contributed by atoms with Crippen molar-refractivity contribution in [3.05, 3.63) is 29.8 Å². The van der Waals surface area contributed by atoms with Gasteiger partial charge in [-0.25, -0.2) is 19.9 Å². The van der Waals surface area contributed by atoms with E-state index in [1.54, 1.807) is 12.3 Å². The van der Waals surface area contributed by atoms with E-state index in [1.165, 1.54) is 12.8 Å². The number of hydrogen-bond acceptors (Lipinski definition) is 5. The molecule has 2 heterocycles. The Labute approximate surface area is 99.2 Å². The molecule has 0 atom stereocenters. The van der Waals surface area contributed by atoms with Gasteiger partial charge in [-0.15, -0.1) is 0 Å². The van der Waals surface area contributed by atoms with Crippen LogP contribution in [0.4, 0.5) is 5.82 Å². The third-order valence-electron chi connectivity index (χ3n) is 2.77. The Morgan fingerprint density at radius 3 is 2.76 bits per heavy atom. The molecular formula is C12H13N5. The predicted molar refractivity (Wildman–Crippen MR) is 64.2 cm³/mol. The zero-order chi connectivity index (χ0) is 11.8. The predicted octanol–water partition coefficient (Wildman–Crippen LogP) is 1.70. The maximum absolute atomic E-state index is 5.81. The molecule has 0 unspecified atom stereocenters. The molecule has 2 aromatic heterocycles. The Morgan fingerprint density at radius 2 is 2.06 bits per heavy atom. The summed E-state index contributed by atoms with van der Waals surface area (Å²) in [6, 6.07) is 3.66. The molecule has 0 spiro atoms. The van der Waals surface area contributed by atoms with E-state index in [9.17, 15) is 0 Å². The second-order valence-corrected chi connectivity index (χ2v) is 4.30. The van der Waals surface area contributed by atoms with Gasteiger partial charge in [0.15, 0.2) is 5.82 Å². The third-order valence-corrected chi connectivity index (χ3v) is 2.77. The standard InChI is InChI=1S/C12H13N5/c1-7-14-5-4-9(15-7)12-16-10(8-2-3-8)6-11(13)17-12/h4-6,8H,2-3H2,1H3,(H2,13,16,17). The molecule has 0 radical (unpaired) electrons. The molecule has 2 aromatic rings. The van der Waals surface area contributed by atoms with E-state index in [4.69, 9.17) is 5.73 Å². The van der Waals surface area contributed by atoms with E-state index in [2.05, 4.69) is 19.9 Å². The largest absolute Gasteiger partial charge is 0.384 e. The molecule has 17 heavy (non-hydrogen) atoms. The summed E-state index contributed by atoms with van der Waals surface area (Å²) in [5.74, 6) is 2.37. The van der Waals surface area contributed by atoms with Crippen molar-refractivity contribution in [2.75, 3.05) is 5.73 Å². The van der Waals surface area contributed by atoms with E-state index in [1.807, 2.05) is 13.0 Å². The van der Waals surface area contributed by atoms with Gasteiger partial charge in [-0.1, -0.05) is 0 Å². The van der Waals surface area contributed by atoms with Crippen molar-refractivity contribution in [3.63, 3.8) is 0 Å². The Balaban J connectivity index is 2.07. The van der Waals surface area contributed by atoms with Crippen LogP contribution in [0, 0.1) is 6.92 Å². The topological polar surface area (TPSA) is 77.6 Å². The van der Waals surface area contributed by atoms with Gasteiger partial charge in [-0.2, -0.15) is 0 Å². The highest BCUT2D eigenvalue weighted by Crippen LogP contribution is 2.39. The van der Waals surface area contributed by atoms with E-state index in [-0.39, 0.29) is 0 Å². The lowest BCUT2D eigenvalue weighted by molar-refractivity contribution is 0.977. The van der Waals surface area contributed by atoms with Crippen LogP contribution < -0.4 is 5.73 Å². The first-order valence-electron chi connectivity index (χ1n) is 5.67. The van der Waals surface area contributed by atoms with Crippen LogP contribution in [0.15, 0.2) is 18.3 Å². The second-order valence-electron chi connectivity index (χ2n) is 4.30. The molecule has 0 amide bonds. The molecule has 1 aliphatic carbocycles. The second kappa shape index (κ2) is 3.76. The summed E-state index contributed by atoms with van der Waals surface area (Å²) < 4.78 is 0. The monoisotopic (exact) mass is 227 g/mol. The molecular weight excluding hydrogens is 214 g/mol. The molecule has 0 bridgehead atoms. The summed E-state index contributed by atoms with van der Waals surface area (Å²) in [6.07, 6.45) is 4.10. The lowest BCUT2D eigenvalue weighted by atomic mass is 10.2. The zero-order valence-electron chi connectivity index (χ0n) is 9.59. The number of hydrogen-bond donors (Lipinski definition) is 1. The fraction of sp³-hybridized carbons (Fsp3) is 0.333. The first-order chi connectivity index (χ1) is 8.22. The summed E-state index contributed by atoms with van der Waals surface area (Å²) in [4.78, 5) is 17.1. The number of aromatic nitrogens is 4. The average Bonchev–Trinajstić information content (AvgIpc) is 3.12. The van der Waals surface area contributed by atoms with E-state index >= 15 is 0 Å². The van der Waals surface area contributed by atoms with Gasteiger partial charge >= 0.3 is 0 Å². The minimum absolute atomic E-state index is 0.508. The molecule has 5 nitrogen and oxygen atoms in total. The lowest BCUT2D eigenvalue weighted by Gasteiger charge is -2.04. The van der Waals surface area contributed by atoms with Gasteiger partial charge in [0, 0.05) is 23.9 Å². The van der Waals surface area contributed by atoms with Gasteiger partial charge in [-0.3, -0.25) is 0 Å². The fourth-order valence-corrected chi connectivity index (χ4v) is 1.77. The van der Waals surface area contributed by atoms with Gasteiger partial charge in [0.1, 0.15) is 17.3 Å². The molecule has 1 aliphatic rings. The zero-order valence-corrected chi connectivity index (χ0v) is 9.59. The van der Waals surface area contributed by atoms with Gasteiger partial charge < -0.3 is 5.73 Å². The summed E-state index contributed by atoms with van der Waals surface area (Å²) in [5, 5.41) is 0. The number of anilines is 1. The highest BCUT2D eigenvalue weighted by molar-refractivity contribution is 5.52. The lowest BCUT2D eigenvalue weighted by Crippen LogP contribution is -2.01. The normalized spacial score (nSPS) is 14.9. The van der Waals surface area contributed by atoms with E-state index in [0.717, 1.165) is 11.4 Å². The number of nitrogens with zero attached hydrogens (tertiary/aromatic N) is 4. The van der Waals surface area contributed by atoms with Crippen molar-refractivity contribution in [2.45, 2.75) is 25.7 Å². The van der Waals surface area contributed by atoms with Crippen molar-refractivity contribution in [1.29, 1.82) is 0 Å². The van der Waals surface area contributed by atoms with Crippen LogP contribution in [0.5, 0.6) is 0 Å². The van der Waals surface area contributed by atoms with Crippen LogP contribution in [0.2, 0.25) is 0 Å². The number of nitrogen functional groups attached to an aromatic ring is 1. The highest BCUT2D eigenvalue weighted by Gasteiger charge is 2.26. The van der Waals surface area contributed by atoms with Crippen molar-refractivity contribution in [2.24, 2.45) is 0 Å². The van der Waals surface area contributed by atoms with Crippen molar-refractivity contribution in [3.8, 4) is 11.5 Å².